The Labute approximate surface area is 123 Å². The molecule has 1 fully saturated rings. The summed E-state index contributed by atoms with van der Waals surface area (Å²) < 4.78 is 6.04. The molecule has 4 nitrogen and oxygen atoms in total. The second-order valence-corrected chi connectivity index (χ2v) is 6.32. The summed E-state index contributed by atoms with van der Waals surface area (Å²) in [6.45, 7) is 6.68. The van der Waals surface area contributed by atoms with Gasteiger partial charge in [-0.05, 0) is 30.4 Å². The van der Waals surface area contributed by atoms with Crippen LogP contribution >= 0.6 is 0 Å². The molecule has 0 amide bonds. The quantitative estimate of drug-likeness (QED) is 0.679. The van der Waals surface area contributed by atoms with Gasteiger partial charge in [0.15, 0.2) is 11.4 Å². The highest BCUT2D eigenvalue weighted by atomic mass is 16.3. The van der Waals surface area contributed by atoms with Crippen molar-refractivity contribution in [2.75, 3.05) is 18.0 Å². The number of benzene rings is 1. The minimum absolute atomic E-state index is 0.683. The highest BCUT2D eigenvalue weighted by Gasteiger charge is 2.25. The van der Waals surface area contributed by atoms with Crippen LogP contribution in [0.5, 0.6) is 0 Å². The van der Waals surface area contributed by atoms with E-state index in [1.165, 1.54) is 6.42 Å². The maximum Gasteiger partial charge on any atom is 0.196 e. The summed E-state index contributed by atoms with van der Waals surface area (Å²) in [5, 5.41) is 1.06. The molecule has 108 valence electrons. The first-order valence-corrected chi connectivity index (χ1v) is 7.59. The lowest BCUT2D eigenvalue weighted by Gasteiger charge is -2.35. The molecule has 0 unspecified atom stereocenters. The Kier molecular flexibility index (Phi) is 2.84. The third-order valence-electron chi connectivity index (χ3n) is 4.31. The van der Waals surface area contributed by atoms with Gasteiger partial charge in [0.25, 0.3) is 0 Å². The van der Waals surface area contributed by atoms with Crippen LogP contribution in [0.15, 0.2) is 35.0 Å². The first-order chi connectivity index (χ1) is 10.2. The Morgan fingerprint density at radius 1 is 1.10 bits per heavy atom. The van der Waals surface area contributed by atoms with Gasteiger partial charge >= 0.3 is 0 Å². The van der Waals surface area contributed by atoms with Gasteiger partial charge in [-0.1, -0.05) is 26.0 Å². The van der Waals surface area contributed by atoms with Crippen molar-refractivity contribution in [2.45, 2.75) is 20.3 Å². The van der Waals surface area contributed by atoms with Gasteiger partial charge in [-0.25, -0.2) is 9.97 Å². The Morgan fingerprint density at radius 3 is 2.67 bits per heavy atom. The Morgan fingerprint density at radius 2 is 1.86 bits per heavy atom. The second-order valence-electron chi connectivity index (χ2n) is 6.32. The summed E-state index contributed by atoms with van der Waals surface area (Å²) >= 11 is 0. The third kappa shape index (κ3) is 2.06. The van der Waals surface area contributed by atoms with Crippen molar-refractivity contribution in [2.24, 2.45) is 11.8 Å². The summed E-state index contributed by atoms with van der Waals surface area (Å²) in [5.74, 6) is 2.31. The van der Waals surface area contributed by atoms with Gasteiger partial charge in [0.2, 0.25) is 0 Å². The Bertz CT molecular complexity index is 785. The number of rotatable bonds is 1. The molecule has 4 rings (SSSR count). The SMILES string of the molecule is C[C@@H]1C[C@H](C)CN(c2ncnc3c2oc2ccccc23)C1. The molecule has 0 bridgehead atoms. The minimum Gasteiger partial charge on any atom is -0.450 e. The average Bonchev–Trinajstić information content (AvgIpc) is 2.84. The van der Waals surface area contributed by atoms with Crippen molar-refractivity contribution in [3.05, 3.63) is 30.6 Å². The number of aromatic nitrogens is 2. The Balaban J connectivity index is 1.88. The normalized spacial score (nSPS) is 23.0. The lowest BCUT2D eigenvalue weighted by atomic mass is 9.92. The highest BCUT2D eigenvalue weighted by molar-refractivity contribution is 6.05. The number of piperidine rings is 1. The molecule has 1 aliphatic heterocycles. The minimum atomic E-state index is 0.683. The number of hydrogen-bond acceptors (Lipinski definition) is 4. The van der Waals surface area contributed by atoms with Crippen molar-refractivity contribution < 1.29 is 4.42 Å². The zero-order chi connectivity index (χ0) is 14.4. The topological polar surface area (TPSA) is 42.2 Å². The molecule has 1 aliphatic rings. The predicted molar refractivity (Wildman–Crippen MR) is 84.5 cm³/mol. The molecule has 4 heteroatoms. The first-order valence-electron chi connectivity index (χ1n) is 7.59. The molecule has 0 radical (unpaired) electrons. The van der Waals surface area contributed by atoms with Gasteiger partial charge in [0.05, 0.1) is 0 Å². The van der Waals surface area contributed by atoms with Crippen LogP contribution in [-0.2, 0) is 0 Å². The predicted octanol–water partition coefficient (Wildman–Crippen LogP) is 3.86. The molecule has 21 heavy (non-hydrogen) atoms. The summed E-state index contributed by atoms with van der Waals surface area (Å²) in [7, 11) is 0. The van der Waals surface area contributed by atoms with Crippen molar-refractivity contribution in [1.82, 2.24) is 9.97 Å². The van der Waals surface area contributed by atoms with Gasteiger partial charge in [-0.15, -0.1) is 0 Å². The summed E-state index contributed by atoms with van der Waals surface area (Å²) in [6, 6.07) is 8.05. The van der Waals surface area contributed by atoms with Crippen molar-refractivity contribution >= 4 is 27.9 Å². The van der Waals surface area contributed by atoms with Crippen LogP contribution in [0.1, 0.15) is 20.3 Å². The molecular weight excluding hydrogens is 262 g/mol. The van der Waals surface area contributed by atoms with Crippen LogP contribution in [-0.4, -0.2) is 23.1 Å². The van der Waals surface area contributed by atoms with Gasteiger partial charge in [-0.3, -0.25) is 0 Å². The number of nitrogens with zero attached hydrogens (tertiary/aromatic N) is 3. The number of hydrogen-bond donors (Lipinski definition) is 0. The highest BCUT2D eigenvalue weighted by Crippen LogP contribution is 2.34. The van der Waals surface area contributed by atoms with Gasteiger partial charge in [0.1, 0.15) is 17.4 Å². The average molecular weight is 281 g/mol. The van der Waals surface area contributed by atoms with E-state index >= 15 is 0 Å². The molecule has 0 N–H and O–H groups in total. The van der Waals surface area contributed by atoms with Crippen molar-refractivity contribution in [1.29, 1.82) is 0 Å². The number of para-hydroxylation sites is 1. The van der Waals surface area contributed by atoms with E-state index < -0.39 is 0 Å². The van der Waals surface area contributed by atoms with E-state index in [9.17, 15) is 0 Å². The standard InChI is InChI=1S/C17H19N3O/c1-11-7-12(2)9-20(8-11)17-16-15(18-10-19-17)13-5-3-4-6-14(13)21-16/h3-6,10-12H,7-9H2,1-2H3/t11-,12+. The van der Waals surface area contributed by atoms with Crippen molar-refractivity contribution in [3.63, 3.8) is 0 Å². The van der Waals surface area contributed by atoms with Crippen molar-refractivity contribution in [3.8, 4) is 0 Å². The molecule has 0 aliphatic carbocycles. The number of anilines is 1. The lowest BCUT2D eigenvalue weighted by Crippen LogP contribution is -2.39. The smallest absolute Gasteiger partial charge is 0.196 e. The molecule has 1 saturated heterocycles. The van der Waals surface area contributed by atoms with Crippen LogP contribution in [0.2, 0.25) is 0 Å². The summed E-state index contributed by atoms with van der Waals surface area (Å²) in [5.41, 5.74) is 2.62. The summed E-state index contributed by atoms with van der Waals surface area (Å²) in [6.07, 6.45) is 2.94. The molecule has 0 saturated carbocycles. The van der Waals surface area contributed by atoms with E-state index in [1.807, 2.05) is 18.2 Å². The molecular formula is C17H19N3O. The zero-order valence-electron chi connectivity index (χ0n) is 12.4. The van der Waals surface area contributed by atoms with Gasteiger partial charge < -0.3 is 9.32 Å². The van der Waals surface area contributed by atoms with E-state index in [1.54, 1.807) is 6.33 Å². The fourth-order valence-electron chi connectivity index (χ4n) is 3.57. The van der Waals surface area contributed by atoms with E-state index in [-0.39, 0.29) is 0 Å². The van der Waals surface area contributed by atoms with Crippen LogP contribution in [0.4, 0.5) is 5.82 Å². The zero-order valence-corrected chi connectivity index (χ0v) is 12.4. The monoisotopic (exact) mass is 281 g/mol. The molecule has 2 atom stereocenters. The molecule has 1 aromatic carbocycles. The maximum absolute atomic E-state index is 6.04. The molecule has 0 spiro atoms. The van der Waals surface area contributed by atoms with E-state index in [0.717, 1.165) is 41.0 Å². The molecule has 3 aromatic rings. The Hall–Kier alpha value is -2.10. The van der Waals surface area contributed by atoms with Crippen LogP contribution in [0, 0.1) is 11.8 Å². The largest absolute Gasteiger partial charge is 0.450 e. The van der Waals surface area contributed by atoms with Gasteiger partial charge in [0, 0.05) is 18.5 Å². The fraction of sp³-hybridized carbons (Fsp3) is 0.412. The first kappa shape index (κ1) is 12.6. The molecule has 3 heterocycles. The number of fused-ring (bicyclic) bond motifs is 3. The molecule has 2 aromatic heterocycles. The number of furan rings is 1. The van der Waals surface area contributed by atoms with Crippen LogP contribution in [0.3, 0.4) is 0 Å². The van der Waals surface area contributed by atoms with E-state index in [0.29, 0.717) is 11.8 Å². The van der Waals surface area contributed by atoms with Crippen LogP contribution < -0.4 is 4.90 Å². The summed E-state index contributed by atoms with van der Waals surface area (Å²) in [4.78, 5) is 11.3. The lowest BCUT2D eigenvalue weighted by molar-refractivity contribution is 0.355. The third-order valence-corrected chi connectivity index (χ3v) is 4.31. The maximum atomic E-state index is 6.04. The fourth-order valence-corrected chi connectivity index (χ4v) is 3.57. The van der Waals surface area contributed by atoms with Gasteiger partial charge in [-0.2, -0.15) is 0 Å². The van der Waals surface area contributed by atoms with Crippen LogP contribution in [0.25, 0.3) is 22.1 Å². The van der Waals surface area contributed by atoms with E-state index in [2.05, 4.69) is 34.8 Å². The second kappa shape index (κ2) is 4.72. The van der Waals surface area contributed by atoms with E-state index in [4.69, 9.17) is 4.42 Å².